The van der Waals surface area contributed by atoms with E-state index in [9.17, 15) is 4.79 Å². The molecular formula is C10H8BrNO2S. The van der Waals surface area contributed by atoms with Gasteiger partial charge in [-0.25, -0.2) is 0 Å². The van der Waals surface area contributed by atoms with Crippen molar-refractivity contribution in [1.82, 2.24) is 4.98 Å². The number of pyridine rings is 1. The standard InChI is InChI=1S/C10H8BrNO2S/c1-4-5-2-3-14-7-6(5)8(10(13)12-4)15-9(7)11/h2-3H2,1H3,(H,12,13). The summed E-state index contributed by atoms with van der Waals surface area (Å²) in [5, 5.41) is 0.999. The second-order valence-electron chi connectivity index (χ2n) is 3.57. The van der Waals surface area contributed by atoms with Crippen LogP contribution in [0.5, 0.6) is 5.75 Å². The Balaban J connectivity index is 2.60. The summed E-state index contributed by atoms with van der Waals surface area (Å²) in [7, 11) is 0. The Labute approximate surface area is 98.2 Å². The minimum Gasteiger partial charge on any atom is -0.490 e. The number of H-pyrrole nitrogens is 1. The Kier molecular flexibility index (Phi) is 1.94. The number of halogens is 1. The van der Waals surface area contributed by atoms with Gasteiger partial charge in [-0.3, -0.25) is 4.79 Å². The Hall–Kier alpha value is -0.810. The molecule has 2 aromatic rings. The van der Waals surface area contributed by atoms with Gasteiger partial charge < -0.3 is 9.72 Å². The molecule has 0 amide bonds. The van der Waals surface area contributed by atoms with Gasteiger partial charge in [0.05, 0.1) is 6.61 Å². The van der Waals surface area contributed by atoms with Crippen molar-refractivity contribution in [2.24, 2.45) is 0 Å². The van der Waals surface area contributed by atoms with Crippen LogP contribution in [0.2, 0.25) is 0 Å². The van der Waals surface area contributed by atoms with Crippen molar-refractivity contribution in [3.05, 3.63) is 25.4 Å². The van der Waals surface area contributed by atoms with Crippen molar-refractivity contribution >= 4 is 37.4 Å². The van der Waals surface area contributed by atoms with Crippen LogP contribution < -0.4 is 10.3 Å². The minimum atomic E-state index is -0.0197. The molecule has 1 aliphatic rings. The molecule has 3 rings (SSSR count). The molecule has 1 N–H and O–H groups in total. The fourth-order valence-electron chi connectivity index (χ4n) is 2.01. The lowest BCUT2D eigenvalue weighted by molar-refractivity contribution is 0.317. The summed E-state index contributed by atoms with van der Waals surface area (Å²) in [6.45, 7) is 2.63. The summed E-state index contributed by atoms with van der Waals surface area (Å²) in [6.07, 6.45) is 0.870. The van der Waals surface area contributed by atoms with E-state index in [0.29, 0.717) is 6.61 Å². The second-order valence-corrected chi connectivity index (χ2v) is 5.90. The van der Waals surface area contributed by atoms with Gasteiger partial charge in [0, 0.05) is 17.5 Å². The molecular weight excluding hydrogens is 278 g/mol. The van der Waals surface area contributed by atoms with Gasteiger partial charge in [0.1, 0.15) is 8.49 Å². The number of thiophene rings is 1. The molecule has 15 heavy (non-hydrogen) atoms. The van der Waals surface area contributed by atoms with E-state index in [0.717, 1.165) is 31.7 Å². The molecule has 0 aliphatic carbocycles. The molecule has 0 fully saturated rings. The van der Waals surface area contributed by atoms with Crippen molar-refractivity contribution < 1.29 is 4.74 Å². The first-order chi connectivity index (χ1) is 7.18. The number of rotatable bonds is 0. The van der Waals surface area contributed by atoms with E-state index < -0.39 is 0 Å². The number of hydrogen-bond acceptors (Lipinski definition) is 3. The lowest BCUT2D eigenvalue weighted by Gasteiger charge is -2.15. The van der Waals surface area contributed by atoms with Crippen molar-refractivity contribution in [1.29, 1.82) is 0 Å². The maximum absolute atomic E-state index is 11.7. The van der Waals surface area contributed by atoms with E-state index in [-0.39, 0.29) is 5.56 Å². The van der Waals surface area contributed by atoms with Gasteiger partial charge in [-0.15, -0.1) is 11.3 Å². The van der Waals surface area contributed by atoms with E-state index in [1.165, 1.54) is 16.9 Å². The maximum Gasteiger partial charge on any atom is 0.266 e. The van der Waals surface area contributed by atoms with Crippen molar-refractivity contribution in [2.75, 3.05) is 6.61 Å². The highest BCUT2D eigenvalue weighted by molar-refractivity contribution is 9.11. The average Bonchev–Trinajstić information content (AvgIpc) is 2.55. The topological polar surface area (TPSA) is 42.1 Å². The van der Waals surface area contributed by atoms with Crippen molar-refractivity contribution in [3.8, 4) is 5.75 Å². The zero-order valence-electron chi connectivity index (χ0n) is 8.02. The van der Waals surface area contributed by atoms with Gasteiger partial charge in [0.25, 0.3) is 5.56 Å². The molecule has 2 aromatic heterocycles. The highest BCUT2D eigenvalue weighted by Crippen LogP contribution is 2.44. The third-order valence-electron chi connectivity index (χ3n) is 2.68. The monoisotopic (exact) mass is 285 g/mol. The number of aromatic amines is 1. The molecule has 0 unspecified atom stereocenters. The summed E-state index contributed by atoms with van der Waals surface area (Å²) in [4.78, 5) is 14.6. The normalized spacial score (nSPS) is 14.3. The fourth-order valence-corrected chi connectivity index (χ4v) is 3.70. The van der Waals surface area contributed by atoms with Gasteiger partial charge in [-0.2, -0.15) is 0 Å². The molecule has 3 heterocycles. The number of ether oxygens (including phenoxy) is 1. The predicted molar refractivity (Wildman–Crippen MR) is 64.1 cm³/mol. The molecule has 0 radical (unpaired) electrons. The first-order valence-electron chi connectivity index (χ1n) is 4.65. The molecule has 0 spiro atoms. The van der Waals surface area contributed by atoms with Crippen LogP contribution in [0, 0.1) is 6.92 Å². The van der Waals surface area contributed by atoms with Crippen LogP contribution in [-0.4, -0.2) is 11.6 Å². The van der Waals surface area contributed by atoms with Gasteiger partial charge in [-0.05, 0) is 28.4 Å². The summed E-state index contributed by atoms with van der Waals surface area (Å²) < 4.78 is 7.26. The van der Waals surface area contributed by atoms with Crippen LogP contribution >= 0.6 is 27.3 Å². The van der Waals surface area contributed by atoms with Crippen molar-refractivity contribution in [3.63, 3.8) is 0 Å². The smallest absolute Gasteiger partial charge is 0.266 e. The number of nitrogens with one attached hydrogen (secondary N) is 1. The van der Waals surface area contributed by atoms with Gasteiger partial charge in [-0.1, -0.05) is 0 Å². The molecule has 0 saturated carbocycles. The highest BCUT2D eigenvalue weighted by atomic mass is 79.9. The van der Waals surface area contributed by atoms with E-state index in [1.54, 1.807) is 0 Å². The Morgan fingerprint density at radius 2 is 2.33 bits per heavy atom. The van der Waals surface area contributed by atoms with Crippen LogP contribution in [0.3, 0.4) is 0 Å². The summed E-state index contributed by atoms with van der Waals surface area (Å²) >= 11 is 4.88. The molecule has 0 bridgehead atoms. The molecule has 3 nitrogen and oxygen atoms in total. The lowest BCUT2D eigenvalue weighted by atomic mass is 10.0. The van der Waals surface area contributed by atoms with E-state index >= 15 is 0 Å². The quantitative estimate of drug-likeness (QED) is 0.809. The average molecular weight is 286 g/mol. The zero-order valence-corrected chi connectivity index (χ0v) is 10.4. The third kappa shape index (κ3) is 1.19. The van der Waals surface area contributed by atoms with Crippen LogP contribution in [0.4, 0.5) is 0 Å². The fraction of sp³-hybridized carbons (Fsp3) is 0.300. The molecule has 0 aromatic carbocycles. The van der Waals surface area contributed by atoms with Gasteiger partial charge in [0.15, 0.2) is 5.75 Å². The van der Waals surface area contributed by atoms with Gasteiger partial charge >= 0.3 is 0 Å². The molecule has 78 valence electrons. The van der Waals surface area contributed by atoms with Crippen LogP contribution in [0.25, 0.3) is 10.1 Å². The van der Waals surface area contributed by atoms with Crippen LogP contribution in [0.1, 0.15) is 11.3 Å². The first-order valence-corrected chi connectivity index (χ1v) is 6.26. The van der Waals surface area contributed by atoms with Crippen LogP contribution in [0.15, 0.2) is 8.58 Å². The van der Waals surface area contributed by atoms with Crippen molar-refractivity contribution in [2.45, 2.75) is 13.3 Å². The largest absolute Gasteiger partial charge is 0.490 e. The Morgan fingerprint density at radius 3 is 3.13 bits per heavy atom. The van der Waals surface area contributed by atoms with E-state index in [1.807, 2.05) is 6.92 Å². The molecule has 0 atom stereocenters. The lowest BCUT2D eigenvalue weighted by Crippen LogP contribution is -2.14. The Morgan fingerprint density at radius 1 is 1.53 bits per heavy atom. The second kappa shape index (κ2) is 3.09. The molecule has 5 heteroatoms. The summed E-state index contributed by atoms with van der Waals surface area (Å²) in [5.41, 5.74) is 2.16. The van der Waals surface area contributed by atoms with Crippen LogP contribution in [-0.2, 0) is 6.42 Å². The van der Waals surface area contributed by atoms with E-state index in [4.69, 9.17) is 4.74 Å². The number of hydrogen-bond donors (Lipinski definition) is 1. The summed E-state index contributed by atoms with van der Waals surface area (Å²) in [5.74, 6) is 0.838. The minimum absolute atomic E-state index is 0.0197. The Bertz CT molecular complexity index is 614. The van der Waals surface area contributed by atoms with Gasteiger partial charge in [0.2, 0.25) is 0 Å². The highest BCUT2D eigenvalue weighted by Gasteiger charge is 2.22. The third-order valence-corrected chi connectivity index (χ3v) is 4.49. The molecule has 0 saturated heterocycles. The number of aryl methyl sites for hydroxylation is 1. The molecule has 1 aliphatic heterocycles. The maximum atomic E-state index is 11.7. The predicted octanol–water partition coefficient (Wildman–Crippen LogP) is 2.60. The van der Waals surface area contributed by atoms with E-state index in [2.05, 4.69) is 20.9 Å². The number of aromatic nitrogens is 1. The summed E-state index contributed by atoms with van der Waals surface area (Å²) in [6, 6.07) is 0. The zero-order chi connectivity index (χ0) is 10.6. The SMILES string of the molecule is Cc1[nH]c(=O)c2sc(Br)c3c2c1CCO3. The first kappa shape index (κ1) is 9.42.